The summed E-state index contributed by atoms with van der Waals surface area (Å²) in [6.07, 6.45) is 2.98. The van der Waals surface area contributed by atoms with Gasteiger partial charge in [0.25, 0.3) is 0 Å². The molecule has 0 aliphatic heterocycles. The maximum atomic E-state index is 9.05. The monoisotopic (exact) mass is 664 g/mol. The molecule has 2 rings (SSSR count). The van der Waals surface area contributed by atoms with Crippen LogP contribution in [0.5, 0.6) is 0 Å². The van der Waals surface area contributed by atoms with Gasteiger partial charge in [-0.15, -0.1) is 0 Å². The first kappa shape index (κ1) is 63.3. The van der Waals surface area contributed by atoms with E-state index in [4.69, 9.17) is 30.6 Å². The standard InChI is InChI=1S/2C7H14O3.2Cd.8H2O/c2*8-6-3-1-5(2-4-6)7(9)10;;;;;;;;;;/h2*5-10H,1-4H2;;;8*1H2. The Labute approximate surface area is 216 Å². The Morgan fingerprint density at radius 1 is 0.400 bits per heavy atom. The fourth-order valence-corrected chi connectivity index (χ4v) is 2.80. The van der Waals surface area contributed by atoms with E-state index in [0.29, 0.717) is 25.7 Å². The van der Waals surface area contributed by atoms with Crippen LogP contribution in [0.4, 0.5) is 0 Å². The molecule has 0 aromatic carbocycles. The molecule has 14 nitrogen and oxygen atoms in total. The van der Waals surface area contributed by atoms with E-state index in [1.807, 2.05) is 0 Å². The van der Waals surface area contributed by atoms with Crippen LogP contribution in [0.1, 0.15) is 51.4 Å². The minimum atomic E-state index is -1.19. The zero-order valence-corrected chi connectivity index (χ0v) is 25.3. The van der Waals surface area contributed by atoms with Crippen molar-refractivity contribution < 1.29 is 129 Å². The van der Waals surface area contributed by atoms with Crippen molar-refractivity contribution in [2.75, 3.05) is 0 Å². The largest absolute Gasteiger partial charge is 0.412 e. The van der Waals surface area contributed by atoms with Crippen LogP contribution < -0.4 is 0 Å². The van der Waals surface area contributed by atoms with Crippen molar-refractivity contribution in [3.63, 3.8) is 0 Å². The molecule has 0 spiro atoms. The van der Waals surface area contributed by atoms with Crippen LogP contribution >= 0.6 is 0 Å². The van der Waals surface area contributed by atoms with Crippen LogP contribution in [0.15, 0.2) is 0 Å². The molecule has 2 aliphatic rings. The Bertz CT molecular complexity index is 237. The summed E-state index contributed by atoms with van der Waals surface area (Å²) in [6, 6.07) is 0. The number of rotatable bonds is 2. The van der Waals surface area contributed by atoms with E-state index in [9.17, 15) is 0 Å². The topological polar surface area (TPSA) is 373 Å². The molecule has 0 atom stereocenters. The van der Waals surface area contributed by atoms with Crippen LogP contribution in [0.25, 0.3) is 0 Å². The van der Waals surface area contributed by atoms with Crippen molar-refractivity contribution in [2.45, 2.75) is 76.2 Å². The Morgan fingerprint density at radius 2 is 0.567 bits per heavy atom. The maximum Gasteiger partial charge on any atom is 0.154 e. The van der Waals surface area contributed by atoms with E-state index in [-0.39, 0.29) is 122 Å². The quantitative estimate of drug-likeness (QED) is 0.123. The van der Waals surface area contributed by atoms with Gasteiger partial charge in [0.15, 0.2) is 12.6 Å². The second-order valence-electron chi connectivity index (χ2n) is 5.96. The van der Waals surface area contributed by atoms with Crippen LogP contribution in [0.2, 0.25) is 0 Å². The van der Waals surface area contributed by atoms with Crippen molar-refractivity contribution in [3.8, 4) is 0 Å². The molecule has 0 aromatic heterocycles. The molecule has 2 saturated carbocycles. The Morgan fingerprint density at radius 3 is 0.700 bits per heavy atom. The first-order valence-electron chi connectivity index (χ1n) is 7.48. The Hall–Kier alpha value is 1.28. The summed E-state index contributed by atoms with van der Waals surface area (Å²) in [5.41, 5.74) is 0. The zero-order valence-electron chi connectivity index (χ0n) is 17.2. The molecule has 0 amide bonds. The average molecular weight is 661 g/mol. The van der Waals surface area contributed by atoms with Crippen LogP contribution in [-0.2, 0) is 54.6 Å². The SMILES string of the molecule is O.O.O.O.O.O.O.O.OC1CCC(C(O)O)CC1.OC1CCC(C(O)O)CC1.[Cd].[Cd]. The van der Waals surface area contributed by atoms with Gasteiger partial charge in [0, 0.05) is 66.4 Å². The fourth-order valence-electron chi connectivity index (χ4n) is 2.80. The summed E-state index contributed by atoms with van der Waals surface area (Å²) in [6.45, 7) is 0. The van der Waals surface area contributed by atoms with Crippen LogP contribution in [0.3, 0.4) is 0 Å². The van der Waals surface area contributed by atoms with E-state index >= 15 is 0 Å². The zero-order chi connectivity index (χ0) is 15.1. The molecule has 2 aliphatic carbocycles. The molecular weight excluding hydrogens is 617 g/mol. The second-order valence-corrected chi connectivity index (χ2v) is 5.96. The molecule has 188 valence electrons. The normalized spacial score (nSPS) is 23.2. The third-order valence-electron chi connectivity index (χ3n) is 4.33. The third kappa shape index (κ3) is 27.3. The molecule has 0 aromatic rings. The Balaban J connectivity index is -0.0000000250. The van der Waals surface area contributed by atoms with Gasteiger partial charge in [-0.2, -0.15) is 0 Å². The fraction of sp³-hybridized carbons (Fsp3) is 1.00. The van der Waals surface area contributed by atoms with Crippen molar-refractivity contribution in [1.29, 1.82) is 0 Å². The number of aliphatic hydroxyl groups excluding tert-OH is 4. The molecule has 22 N–H and O–H groups in total. The van der Waals surface area contributed by atoms with E-state index in [0.717, 1.165) is 25.7 Å². The summed E-state index contributed by atoms with van der Waals surface area (Å²) < 4.78 is 0. The predicted octanol–water partition coefficient (Wildman–Crippen LogP) is -6.91. The summed E-state index contributed by atoms with van der Waals surface area (Å²) in [7, 11) is 0. The number of aliphatic hydroxyl groups is 6. The molecule has 30 heavy (non-hydrogen) atoms. The summed E-state index contributed by atoms with van der Waals surface area (Å²) >= 11 is 0. The molecule has 0 bridgehead atoms. The maximum absolute atomic E-state index is 9.05. The first-order valence-corrected chi connectivity index (χ1v) is 7.48. The molecule has 0 heterocycles. The summed E-state index contributed by atoms with van der Waals surface area (Å²) in [4.78, 5) is 0. The Kier molecular flexibility index (Phi) is 73.7. The van der Waals surface area contributed by atoms with E-state index < -0.39 is 12.6 Å². The van der Waals surface area contributed by atoms with Gasteiger partial charge < -0.3 is 74.4 Å². The second kappa shape index (κ2) is 34.9. The molecule has 0 saturated heterocycles. The van der Waals surface area contributed by atoms with Crippen LogP contribution in [0, 0.1) is 11.8 Å². The van der Waals surface area contributed by atoms with Gasteiger partial charge in [0.1, 0.15) is 0 Å². The van der Waals surface area contributed by atoms with Gasteiger partial charge in [0.2, 0.25) is 0 Å². The smallest absolute Gasteiger partial charge is 0.154 e. The number of hydrogen-bond acceptors (Lipinski definition) is 6. The minimum Gasteiger partial charge on any atom is -0.412 e. The molecule has 0 radical (unpaired) electrons. The molecule has 0 unspecified atom stereocenters. The molecule has 2 fully saturated rings. The van der Waals surface area contributed by atoms with E-state index in [2.05, 4.69) is 0 Å². The first-order chi connectivity index (χ1) is 9.40. The minimum absolute atomic E-state index is 0. The van der Waals surface area contributed by atoms with Crippen LogP contribution in [-0.4, -0.2) is 99.2 Å². The van der Waals surface area contributed by atoms with Crippen molar-refractivity contribution >= 4 is 0 Å². The average Bonchev–Trinajstić information content (AvgIpc) is 2.40. The summed E-state index contributed by atoms with van der Waals surface area (Å²) in [5.74, 6) is -0.0215. The van der Waals surface area contributed by atoms with Gasteiger partial charge in [-0.05, 0) is 51.4 Å². The van der Waals surface area contributed by atoms with Crippen molar-refractivity contribution in [3.05, 3.63) is 0 Å². The molecule has 16 heteroatoms. The van der Waals surface area contributed by atoms with E-state index in [1.165, 1.54) is 0 Å². The molecular formula is C14H44Cd2O14. The van der Waals surface area contributed by atoms with Gasteiger partial charge in [-0.25, -0.2) is 0 Å². The third-order valence-corrected chi connectivity index (χ3v) is 4.33. The predicted molar refractivity (Wildman–Crippen MR) is 101 cm³/mol. The van der Waals surface area contributed by atoms with Gasteiger partial charge >= 0.3 is 0 Å². The number of hydrogen-bond donors (Lipinski definition) is 6. The van der Waals surface area contributed by atoms with Crippen molar-refractivity contribution in [2.24, 2.45) is 11.8 Å². The van der Waals surface area contributed by atoms with Gasteiger partial charge in [-0.1, -0.05) is 0 Å². The van der Waals surface area contributed by atoms with Gasteiger partial charge in [-0.3, -0.25) is 0 Å². The van der Waals surface area contributed by atoms with Crippen molar-refractivity contribution in [1.82, 2.24) is 0 Å². The van der Waals surface area contributed by atoms with Gasteiger partial charge in [0.05, 0.1) is 12.2 Å². The van der Waals surface area contributed by atoms with E-state index in [1.54, 1.807) is 0 Å². The summed E-state index contributed by atoms with van der Waals surface area (Å²) in [5, 5.41) is 53.0.